The van der Waals surface area contributed by atoms with Crippen molar-refractivity contribution in [2.45, 2.75) is 19.1 Å². The summed E-state index contributed by atoms with van der Waals surface area (Å²) in [6.07, 6.45) is -1.78. The number of amides is 1. The fraction of sp³-hybridized carbons (Fsp3) is 0.167. The zero-order valence-electron chi connectivity index (χ0n) is 13.5. The van der Waals surface area contributed by atoms with Gasteiger partial charge in [-0.05, 0) is 24.3 Å². The van der Waals surface area contributed by atoms with Gasteiger partial charge in [0.05, 0.1) is 16.2 Å². The molecule has 0 bridgehead atoms. The summed E-state index contributed by atoms with van der Waals surface area (Å²) in [5.74, 6) is -0.796. The molecule has 8 heteroatoms. The summed E-state index contributed by atoms with van der Waals surface area (Å²) in [4.78, 5) is 19.7. The Morgan fingerprint density at radius 2 is 2.00 bits per heavy atom. The maximum atomic E-state index is 13.7. The summed E-state index contributed by atoms with van der Waals surface area (Å²) in [7, 11) is 0. The Bertz CT molecular complexity index is 961. The number of carbonyl (C=O) groups is 1. The van der Waals surface area contributed by atoms with Gasteiger partial charge in [-0.3, -0.25) is 9.78 Å². The number of pyridine rings is 2. The fourth-order valence-electron chi connectivity index (χ4n) is 2.67. The van der Waals surface area contributed by atoms with Gasteiger partial charge in [0.2, 0.25) is 5.91 Å². The van der Waals surface area contributed by atoms with E-state index in [0.717, 1.165) is 6.92 Å². The molecule has 0 aliphatic carbocycles. The summed E-state index contributed by atoms with van der Waals surface area (Å²) in [6, 6.07) is 7.20. The number of hydrogen-bond donors (Lipinski definition) is 1. The highest BCUT2D eigenvalue weighted by Gasteiger charge is 2.43. The average Bonchev–Trinajstić information content (AvgIpc) is 2.59. The number of carbonyl (C=O) groups excluding carboxylic acids is 1. The number of hydrogen-bond acceptors (Lipinski definition) is 3. The number of rotatable bonds is 3. The van der Waals surface area contributed by atoms with Crippen molar-refractivity contribution < 1.29 is 18.0 Å². The van der Waals surface area contributed by atoms with Gasteiger partial charge >= 0.3 is 6.18 Å². The van der Waals surface area contributed by atoms with E-state index in [1.165, 1.54) is 18.5 Å². The normalized spacial score (nSPS) is 12.8. The van der Waals surface area contributed by atoms with Crippen molar-refractivity contribution in [3.8, 4) is 11.3 Å². The summed E-state index contributed by atoms with van der Waals surface area (Å²) in [6.45, 7) is 1.04. The van der Waals surface area contributed by atoms with Crippen LogP contribution < -0.4 is 5.32 Å². The van der Waals surface area contributed by atoms with E-state index in [1.807, 2.05) is 5.32 Å². The minimum absolute atomic E-state index is 0.0646. The number of alkyl halides is 3. The highest BCUT2D eigenvalue weighted by molar-refractivity contribution is 6.35. The third kappa shape index (κ3) is 3.62. The molecule has 3 rings (SSSR count). The van der Waals surface area contributed by atoms with Crippen molar-refractivity contribution in [2.75, 3.05) is 0 Å². The number of halogens is 4. The minimum Gasteiger partial charge on any atom is -0.341 e. The second kappa shape index (κ2) is 6.92. The first kappa shape index (κ1) is 18.1. The SMILES string of the molecule is CC(=O)N[C@@H](c1cc2cccc(Cl)c2nc1-c1cccnc1)C(F)(F)F. The van der Waals surface area contributed by atoms with Crippen molar-refractivity contribution >= 4 is 28.4 Å². The first-order chi connectivity index (χ1) is 12.3. The van der Waals surface area contributed by atoms with E-state index < -0.39 is 18.1 Å². The zero-order valence-corrected chi connectivity index (χ0v) is 14.3. The van der Waals surface area contributed by atoms with Crippen LogP contribution in [0.2, 0.25) is 5.02 Å². The van der Waals surface area contributed by atoms with Crippen LogP contribution in [0.1, 0.15) is 18.5 Å². The van der Waals surface area contributed by atoms with Crippen molar-refractivity contribution in [3.63, 3.8) is 0 Å². The van der Waals surface area contributed by atoms with Crippen LogP contribution >= 0.6 is 11.6 Å². The van der Waals surface area contributed by atoms with Gasteiger partial charge in [0.1, 0.15) is 0 Å². The Kier molecular flexibility index (Phi) is 4.82. The van der Waals surface area contributed by atoms with Crippen LogP contribution in [0.4, 0.5) is 13.2 Å². The Morgan fingerprint density at radius 3 is 2.62 bits per heavy atom. The molecule has 1 aromatic carbocycles. The topological polar surface area (TPSA) is 54.9 Å². The Labute approximate surface area is 152 Å². The van der Waals surface area contributed by atoms with E-state index in [9.17, 15) is 18.0 Å². The largest absolute Gasteiger partial charge is 0.412 e. The van der Waals surface area contributed by atoms with E-state index in [4.69, 9.17) is 11.6 Å². The molecule has 0 aliphatic rings. The van der Waals surface area contributed by atoms with Crippen LogP contribution in [-0.2, 0) is 4.79 Å². The molecule has 1 atom stereocenters. The van der Waals surface area contributed by atoms with Crippen LogP contribution in [0.5, 0.6) is 0 Å². The third-order valence-corrected chi connectivity index (χ3v) is 4.05. The maximum absolute atomic E-state index is 13.7. The number of benzene rings is 1. The van der Waals surface area contributed by atoms with Crippen molar-refractivity contribution in [1.29, 1.82) is 0 Å². The van der Waals surface area contributed by atoms with Crippen molar-refractivity contribution in [2.24, 2.45) is 0 Å². The molecule has 134 valence electrons. The predicted molar refractivity (Wildman–Crippen MR) is 92.6 cm³/mol. The zero-order chi connectivity index (χ0) is 18.9. The molecular weight excluding hydrogens is 367 g/mol. The molecule has 4 nitrogen and oxygen atoms in total. The molecule has 2 aromatic heterocycles. The Morgan fingerprint density at radius 1 is 1.23 bits per heavy atom. The van der Waals surface area contributed by atoms with E-state index in [1.54, 1.807) is 30.3 Å². The smallest absolute Gasteiger partial charge is 0.341 e. The lowest BCUT2D eigenvalue weighted by Gasteiger charge is -2.24. The van der Waals surface area contributed by atoms with Crippen LogP contribution in [0.15, 0.2) is 48.8 Å². The van der Waals surface area contributed by atoms with Gasteiger partial charge in [0.25, 0.3) is 0 Å². The number of nitrogens with one attached hydrogen (secondary N) is 1. The monoisotopic (exact) mass is 379 g/mol. The number of fused-ring (bicyclic) bond motifs is 1. The van der Waals surface area contributed by atoms with Gasteiger partial charge in [-0.15, -0.1) is 0 Å². The lowest BCUT2D eigenvalue weighted by atomic mass is 9.98. The number of nitrogens with zero attached hydrogens (tertiary/aromatic N) is 2. The summed E-state index contributed by atoms with van der Waals surface area (Å²) >= 11 is 6.15. The molecule has 0 radical (unpaired) electrons. The summed E-state index contributed by atoms with van der Waals surface area (Å²) in [5, 5.41) is 2.73. The Balaban J connectivity index is 2.33. The van der Waals surface area contributed by atoms with Crippen molar-refractivity contribution in [3.05, 3.63) is 59.4 Å². The minimum atomic E-state index is -4.70. The number of para-hydroxylation sites is 1. The molecule has 0 aliphatic heterocycles. The molecule has 2 heterocycles. The molecule has 0 saturated carbocycles. The lowest BCUT2D eigenvalue weighted by molar-refractivity contribution is -0.162. The van der Waals surface area contributed by atoms with Crippen LogP contribution in [0.3, 0.4) is 0 Å². The lowest BCUT2D eigenvalue weighted by Crippen LogP contribution is -2.37. The molecule has 0 spiro atoms. The fourth-order valence-corrected chi connectivity index (χ4v) is 2.90. The average molecular weight is 380 g/mol. The van der Waals surface area contributed by atoms with Crippen molar-refractivity contribution in [1.82, 2.24) is 15.3 Å². The molecule has 1 N–H and O–H groups in total. The molecular formula is C18H13ClF3N3O. The van der Waals surface area contributed by atoms with Gasteiger partial charge in [0.15, 0.2) is 6.04 Å². The summed E-state index contributed by atoms with van der Waals surface area (Å²) in [5.41, 5.74) is 0.662. The molecule has 3 aromatic rings. The van der Waals surface area contributed by atoms with Crippen LogP contribution in [0, 0.1) is 0 Å². The van der Waals surface area contributed by atoms with Gasteiger partial charge in [-0.25, -0.2) is 4.98 Å². The molecule has 0 fully saturated rings. The molecule has 26 heavy (non-hydrogen) atoms. The van der Waals surface area contributed by atoms with E-state index >= 15 is 0 Å². The van der Waals surface area contributed by atoms with E-state index in [-0.39, 0.29) is 11.3 Å². The second-order valence-corrected chi connectivity index (χ2v) is 6.06. The van der Waals surface area contributed by atoms with Gasteiger partial charge < -0.3 is 5.32 Å². The standard InChI is InChI=1S/C18H13ClF3N3O/c1-10(26)24-17(18(20,21)22)13-8-11-4-2-6-14(19)16(11)25-15(13)12-5-3-7-23-9-12/h2-9,17H,1H3,(H,24,26)/t17-/m0/s1. The number of aromatic nitrogens is 2. The molecule has 1 amide bonds. The van der Waals surface area contributed by atoms with E-state index in [0.29, 0.717) is 21.5 Å². The molecule has 0 unspecified atom stereocenters. The first-order valence-electron chi connectivity index (χ1n) is 7.61. The highest BCUT2D eigenvalue weighted by atomic mass is 35.5. The van der Waals surface area contributed by atoms with Crippen LogP contribution in [-0.4, -0.2) is 22.1 Å². The maximum Gasteiger partial charge on any atom is 0.412 e. The Hall–Kier alpha value is -2.67. The van der Waals surface area contributed by atoms with Gasteiger partial charge in [0, 0.05) is 35.8 Å². The molecule has 0 saturated heterocycles. The second-order valence-electron chi connectivity index (χ2n) is 5.65. The van der Waals surface area contributed by atoms with E-state index in [2.05, 4.69) is 9.97 Å². The summed E-state index contributed by atoms with van der Waals surface area (Å²) < 4.78 is 41.0. The first-order valence-corrected chi connectivity index (χ1v) is 7.98. The predicted octanol–water partition coefficient (Wildman–Crippen LogP) is 4.69. The quantitative estimate of drug-likeness (QED) is 0.718. The van der Waals surface area contributed by atoms with Gasteiger partial charge in [-0.2, -0.15) is 13.2 Å². The third-order valence-electron chi connectivity index (χ3n) is 3.75. The van der Waals surface area contributed by atoms with Crippen LogP contribution in [0.25, 0.3) is 22.2 Å². The highest BCUT2D eigenvalue weighted by Crippen LogP contribution is 2.39. The van der Waals surface area contributed by atoms with Gasteiger partial charge in [-0.1, -0.05) is 23.7 Å².